The molecule has 0 spiro atoms. The number of hydrogen-bond donors (Lipinski definition) is 1. The lowest BCUT2D eigenvalue weighted by atomic mass is 10.2. The predicted molar refractivity (Wildman–Crippen MR) is 81.3 cm³/mol. The van der Waals surface area contributed by atoms with Gasteiger partial charge in [-0.25, -0.2) is 4.98 Å². The van der Waals surface area contributed by atoms with Crippen molar-refractivity contribution in [2.45, 2.75) is 20.4 Å². The molecule has 0 unspecified atom stereocenters. The molecule has 1 amide bonds. The largest absolute Gasteiger partial charge is 0.329 e. The van der Waals surface area contributed by atoms with Gasteiger partial charge in [0, 0.05) is 25.5 Å². The van der Waals surface area contributed by atoms with E-state index in [1.807, 2.05) is 25.1 Å². The van der Waals surface area contributed by atoms with Crippen molar-refractivity contribution >= 4 is 22.6 Å². The van der Waals surface area contributed by atoms with Crippen molar-refractivity contribution in [3.63, 3.8) is 0 Å². The van der Waals surface area contributed by atoms with E-state index in [1.54, 1.807) is 24.1 Å². The third kappa shape index (κ3) is 2.40. The zero-order chi connectivity index (χ0) is 15.0. The SMILES string of the molecule is CCn1c(C)nc2cc(NC(=O)c3cnn(C)c3)ccc21. The van der Waals surface area contributed by atoms with Gasteiger partial charge in [0.15, 0.2) is 0 Å². The summed E-state index contributed by atoms with van der Waals surface area (Å²) >= 11 is 0. The zero-order valence-electron chi connectivity index (χ0n) is 12.3. The summed E-state index contributed by atoms with van der Waals surface area (Å²) in [6.45, 7) is 4.95. The van der Waals surface area contributed by atoms with Gasteiger partial charge >= 0.3 is 0 Å². The molecule has 0 aliphatic carbocycles. The topological polar surface area (TPSA) is 64.7 Å². The van der Waals surface area contributed by atoms with Crippen LogP contribution in [-0.4, -0.2) is 25.2 Å². The molecular formula is C15H17N5O. The van der Waals surface area contributed by atoms with Gasteiger partial charge in [-0.1, -0.05) is 0 Å². The van der Waals surface area contributed by atoms with Crippen molar-refractivity contribution in [3.8, 4) is 0 Å². The number of nitrogens with zero attached hydrogens (tertiary/aromatic N) is 4. The summed E-state index contributed by atoms with van der Waals surface area (Å²) in [6, 6.07) is 5.77. The van der Waals surface area contributed by atoms with Gasteiger partial charge < -0.3 is 9.88 Å². The first-order chi connectivity index (χ1) is 10.1. The van der Waals surface area contributed by atoms with Crippen LogP contribution in [0.25, 0.3) is 11.0 Å². The van der Waals surface area contributed by atoms with E-state index in [9.17, 15) is 4.79 Å². The van der Waals surface area contributed by atoms with E-state index < -0.39 is 0 Å². The molecule has 0 aliphatic rings. The van der Waals surface area contributed by atoms with Crippen molar-refractivity contribution in [3.05, 3.63) is 42.0 Å². The number of imidazole rings is 1. The Morgan fingerprint density at radius 1 is 1.38 bits per heavy atom. The van der Waals surface area contributed by atoms with Gasteiger partial charge in [0.2, 0.25) is 0 Å². The molecular weight excluding hydrogens is 266 g/mol. The summed E-state index contributed by atoms with van der Waals surface area (Å²) in [5.74, 6) is 0.803. The maximum absolute atomic E-state index is 12.1. The van der Waals surface area contributed by atoms with E-state index in [1.165, 1.54) is 0 Å². The summed E-state index contributed by atoms with van der Waals surface area (Å²) in [5.41, 5.74) is 3.23. The predicted octanol–water partition coefficient (Wildman–Crippen LogP) is 2.35. The quantitative estimate of drug-likeness (QED) is 0.802. The summed E-state index contributed by atoms with van der Waals surface area (Å²) in [6.07, 6.45) is 3.23. The summed E-state index contributed by atoms with van der Waals surface area (Å²) < 4.78 is 3.74. The van der Waals surface area contributed by atoms with E-state index in [2.05, 4.69) is 26.9 Å². The molecule has 1 N–H and O–H groups in total. The monoisotopic (exact) mass is 283 g/mol. The molecule has 2 heterocycles. The van der Waals surface area contributed by atoms with E-state index in [-0.39, 0.29) is 5.91 Å². The van der Waals surface area contributed by atoms with Gasteiger partial charge in [-0.15, -0.1) is 0 Å². The Balaban J connectivity index is 1.89. The number of aromatic nitrogens is 4. The van der Waals surface area contributed by atoms with Crippen molar-refractivity contribution < 1.29 is 4.79 Å². The second-order valence-electron chi connectivity index (χ2n) is 4.96. The number of rotatable bonds is 3. The van der Waals surface area contributed by atoms with Crippen molar-refractivity contribution in [1.29, 1.82) is 0 Å². The van der Waals surface area contributed by atoms with Crippen LogP contribution in [0.3, 0.4) is 0 Å². The Morgan fingerprint density at radius 3 is 2.86 bits per heavy atom. The van der Waals surface area contributed by atoms with Crippen LogP contribution in [0.4, 0.5) is 5.69 Å². The second kappa shape index (κ2) is 5.05. The van der Waals surface area contributed by atoms with Gasteiger partial charge in [0.1, 0.15) is 5.82 Å². The van der Waals surface area contributed by atoms with Crippen molar-refractivity contribution in [2.24, 2.45) is 7.05 Å². The van der Waals surface area contributed by atoms with Gasteiger partial charge in [0.05, 0.1) is 22.8 Å². The molecule has 108 valence electrons. The first-order valence-electron chi connectivity index (χ1n) is 6.85. The van der Waals surface area contributed by atoms with Crippen LogP contribution >= 0.6 is 0 Å². The summed E-state index contributed by atoms with van der Waals surface area (Å²) in [4.78, 5) is 16.6. The smallest absolute Gasteiger partial charge is 0.258 e. The van der Waals surface area contributed by atoms with E-state index in [0.717, 1.165) is 29.1 Å². The number of carbonyl (C=O) groups is 1. The van der Waals surface area contributed by atoms with Gasteiger partial charge in [-0.05, 0) is 32.0 Å². The number of aryl methyl sites for hydroxylation is 3. The number of nitrogens with one attached hydrogen (secondary N) is 1. The molecule has 0 atom stereocenters. The zero-order valence-corrected chi connectivity index (χ0v) is 12.3. The standard InChI is InChI=1S/C15H17N5O/c1-4-20-10(2)17-13-7-12(5-6-14(13)20)18-15(21)11-8-16-19(3)9-11/h5-9H,4H2,1-3H3,(H,18,21). The lowest BCUT2D eigenvalue weighted by molar-refractivity contribution is 0.102. The molecule has 2 aromatic heterocycles. The molecule has 0 saturated heterocycles. The fraction of sp³-hybridized carbons (Fsp3) is 0.267. The number of anilines is 1. The average molecular weight is 283 g/mol. The highest BCUT2D eigenvalue weighted by molar-refractivity contribution is 6.04. The highest BCUT2D eigenvalue weighted by Gasteiger charge is 2.10. The number of benzene rings is 1. The molecule has 21 heavy (non-hydrogen) atoms. The van der Waals surface area contributed by atoms with Gasteiger partial charge in [-0.3, -0.25) is 9.48 Å². The van der Waals surface area contributed by atoms with Crippen LogP contribution in [-0.2, 0) is 13.6 Å². The molecule has 6 nitrogen and oxygen atoms in total. The average Bonchev–Trinajstić information content (AvgIpc) is 3.01. The van der Waals surface area contributed by atoms with Crippen molar-refractivity contribution in [2.75, 3.05) is 5.32 Å². The molecule has 3 aromatic rings. The first kappa shape index (κ1) is 13.4. The van der Waals surface area contributed by atoms with E-state index >= 15 is 0 Å². The van der Waals surface area contributed by atoms with Crippen molar-refractivity contribution in [1.82, 2.24) is 19.3 Å². The Kier molecular flexibility index (Phi) is 3.21. The number of carbonyl (C=O) groups excluding carboxylic acids is 1. The Labute approximate surface area is 122 Å². The summed E-state index contributed by atoms with van der Waals surface area (Å²) in [7, 11) is 1.78. The number of amides is 1. The van der Waals surface area contributed by atoms with Crippen LogP contribution in [0.1, 0.15) is 23.1 Å². The minimum atomic E-state index is -0.172. The molecule has 1 aromatic carbocycles. The van der Waals surface area contributed by atoms with Crippen LogP contribution in [0.15, 0.2) is 30.6 Å². The molecule has 0 saturated carbocycles. The van der Waals surface area contributed by atoms with E-state index in [0.29, 0.717) is 5.56 Å². The molecule has 0 aliphatic heterocycles. The Hall–Kier alpha value is -2.63. The van der Waals surface area contributed by atoms with Crippen LogP contribution < -0.4 is 5.32 Å². The molecule has 0 fully saturated rings. The number of hydrogen-bond acceptors (Lipinski definition) is 3. The fourth-order valence-electron chi connectivity index (χ4n) is 2.47. The van der Waals surface area contributed by atoms with Gasteiger partial charge in [0.25, 0.3) is 5.91 Å². The number of fused-ring (bicyclic) bond motifs is 1. The van der Waals surface area contributed by atoms with Crippen LogP contribution in [0.2, 0.25) is 0 Å². The highest BCUT2D eigenvalue weighted by Crippen LogP contribution is 2.20. The van der Waals surface area contributed by atoms with Crippen LogP contribution in [0.5, 0.6) is 0 Å². The van der Waals surface area contributed by atoms with Crippen LogP contribution in [0, 0.1) is 6.92 Å². The lowest BCUT2D eigenvalue weighted by Crippen LogP contribution is -2.11. The normalized spacial score (nSPS) is 11.0. The molecule has 0 radical (unpaired) electrons. The maximum Gasteiger partial charge on any atom is 0.258 e. The lowest BCUT2D eigenvalue weighted by Gasteiger charge is -2.05. The van der Waals surface area contributed by atoms with E-state index in [4.69, 9.17) is 0 Å². The molecule has 0 bridgehead atoms. The maximum atomic E-state index is 12.1. The molecule has 3 rings (SSSR count). The Bertz CT molecular complexity index is 815. The third-order valence-corrected chi connectivity index (χ3v) is 3.48. The summed E-state index contributed by atoms with van der Waals surface area (Å²) in [5, 5.41) is 6.86. The van der Waals surface area contributed by atoms with Gasteiger partial charge in [-0.2, -0.15) is 5.10 Å². The Morgan fingerprint density at radius 2 is 2.19 bits per heavy atom. The molecule has 6 heteroatoms. The fourth-order valence-corrected chi connectivity index (χ4v) is 2.47. The third-order valence-electron chi connectivity index (χ3n) is 3.48. The minimum absolute atomic E-state index is 0.172. The highest BCUT2D eigenvalue weighted by atomic mass is 16.1. The second-order valence-corrected chi connectivity index (χ2v) is 4.96. The first-order valence-corrected chi connectivity index (χ1v) is 6.85. The minimum Gasteiger partial charge on any atom is -0.329 e.